The molecule has 2 nitrogen and oxygen atoms in total. The predicted octanol–water partition coefficient (Wildman–Crippen LogP) is 2.27. The summed E-state index contributed by atoms with van der Waals surface area (Å²) in [6.45, 7) is 3.62. The van der Waals surface area contributed by atoms with E-state index >= 15 is 0 Å². The van der Waals surface area contributed by atoms with Gasteiger partial charge in [-0.1, -0.05) is 6.07 Å². The molecule has 2 aliphatic rings. The molecule has 88 valence electrons. The monoisotopic (exact) mass is 236 g/mol. The molecule has 2 atom stereocenters. The first kappa shape index (κ1) is 10.8. The molecular weight excluding hydrogens is 216 g/mol. The fraction of sp³-hybridized carbons (Fsp3) is 0.692. The fourth-order valence-corrected chi connectivity index (χ4v) is 3.61. The summed E-state index contributed by atoms with van der Waals surface area (Å²) in [6.07, 6.45) is 4.05. The summed E-state index contributed by atoms with van der Waals surface area (Å²) < 4.78 is 0. The molecule has 0 spiro atoms. The van der Waals surface area contributed by atoms with Gasteiger partial charge in [-0.2, -0.15) is 0 Å². The third kappa shape index (κ3) is 2.47. The summed E-state index contributed by atoms with van der Waals surface area (Å²) in [5.41, 5.74) is 6.18. The van der Waals surface area contributed by atoms with Crippen molar-refractivity contribution < 1.29 is 0 Å². The average molecular weight is 236 g/mol. The lowest BCUT2D eigenvalue weighted by molar-refractivity contribution is 0.183. The second-order valence-electron chi connectivity index (χ2n) is 5.37. The third-order valence-corrected chi connectivity index (χ3v) is 4.75. The maximum atomic E-state index is 6.18. The number of thiophene rings is 1. The van der Waals surface area contributed by atoms with Crippen LogP contribution in [-0.2, 0) is 0 Å². The highest BCUT2D eigenvalue weighted by Crippen LogP contribution is 2.34. The summed E-state index contributed by atoms with van der Waals surface area (Å²) >= 11 is 1.89. The van der Waals surface area contributed by atoms with Gasteiger partial charge < -0.3 is 10.6 Å². The van der Waals surface area contributed by atoms with Crippen molar-refractivity contribution in [3.63, 3.8) is 0 Å². The minimum atomic E-state index is 0.375. The van der Waals surface area contributed by atoms with Crippen molar-refractivity contribution in [2.24, 2.45) is 11.7 Å². The van der Waals surface area contributed by atoms with Gasteiger partial charge in [-0.15, -0.1) is 11.3 Å². The largest absolute Gasteiger partial charge is 0.327 e. The summed E-state index contributed by atoms with van der Waals surface area (Å²) in [4.78, 5) is 4.12. The number of rotatable bonds is 3. The SMILES string of the molecule is NC1CC(c2cccs2)CN(CC2CC2)C1. The van der Waals surface area contributed by atoms with Gasteiger partial charge in [0.1, 0.15) is 0 Å². The second kappa shape index (κ2) is 4.47. The van der Waals surface area contributed by atoms with E-state index in [1.807, 2.05) is 11.3 Å². The molecular formula is C13H20N2S. The van der Waals surface area contributed by atoms with Gasteiger partial charge in [-0.05, 0) is 36.6 Å². The first-order chi connectivity index (χ1) is 7.81. The molecule has 0 amide bonds. The number of likely N-dealkylation sites (tertiary alicyclic amines) is 1. The molecule has 2 fully saturated rings. The predicted molar refractivity (Wildman–Crippen MR) is 68.8 cm³/mol. The van der Waals surface area contributed by atoms with Crippen LogP contribution in [0.1, 0.15) is 30.1 Å². The van der Waals surface area contributed by atoms with Crippen LogP contribution in [0.4, 0.5) is 0 Å². The minimum absolute atomic E-state index is 0.375. The van der Waals surface area contributed by atoms with E-state index in [2.05, 4.69) is 22.4 Å². The van der Waals surface area contributed by atoms with Crippen LogP contribution in [0.3, 0.4) is 0 Å². The van der Waals surface area contributed by atoms with Crippen LogP contribution >= 0.6 is 11.3 Å². The number of hydrogen-bond acceptors (Lipinski definition) is 3. The lowest BCUT2D eigenvalue weighted by Gasteiger charge is -2.36. The Hall–Kier alpha value is -0.380. The van der Waals surface area contributed by atoms with E-state index in [0.717, 1.165) is 12.5 Å². The van der Waals surface area contributed by atoms with Crippen LogP contribution in [0.15, 0.2) is 17.5 Å². The van der Waals surface area contributed by atoms with E-state index in [-0.39, 0.29) is 0 Å². The molecule has 1 saturated heterocycles. The van der Waals surface area contributed by atoms with Crippen molar-refractivity contribution in [1.29, 1.82) is 0 Å². The summed E-state index contributed by atoms with van der Waals surface area (Å²) in [6, 6.07) is 4.80. The molecule has 1 aliphatic heterocycles. The topological polar surface area (TPSA) is 29.3 Å². The van der Waals surface area contributed by atoms with Gasteiger partial charge in [-0.3, -0.25) is 0 Å². The van der Waals surface area contributed by atoms with Crippen LogP contribution < -0.4 is 5.73 Å². The summed E-state index contributed by atoms with van der Waals surface area (Å²) in [7, 11) is 0. The Kier molecular flexibility index (Phi) is 3.01. The Morgan fingerprint density at radius 3 is 2.94 bits per heavy atom. The normalized spacial score (nSPS) is 31.8. The number of nitrogens with two attached hydrogens (primary N) is 1. The zero-order valence-electron chi connectivity index (χ0n) is 9.64. The highest BCUT2D eigenvalue weighted by Gasteiger charge is 2.31. The van der Waals surface area contributed by atoms with Crippen LogP contribution in [-0.4, -0.2) is 30.6 Å². The van der Waals surface area contributed by atoms with E-state index in [0.29, 0.717) is 12.0 Å². The van der Waals surface area contributed by atoms with Gasteiger partial charge in [0.2, 0.25) is 0 Å². The van der Waals surface area contributed by atoms with Crippen LogP contribution in [0.2, 0.25) is 0 Å². The fourth-order valence-electron chi connectivity index (χ4n) is 2.78. The molecule has 1 aromatic heterocycles. The molecule has 16 heavy (non-hydrogen) atoms. The Morgan fingerprint density at radius 2 is 2.25 bits per heavy atom. The second-order valence-corrected chi connectivity index (χ2v) is 6.35. The maximum Gasteiger partial charge on any atom is 0.0174 e. The van der Waals surface area contributed by atoms with Gasteiger partial charge in [-0.25, -0.2) is 0 Å². The molecule has 3 rings (SSSR count). The van der Waals surface area contributed by atoms with Crippen molar-refractivity contribution in [1.82, 2.24) is 4.90 Å². The van der Waals surface area contributed by atoms with Crippen LogP contribution in [0.5, 0.6) is 0 Å². The maximum absolute atomic E-state index is 6.18. The van der Waals surface area contributed by atoms with E-state index in [1.54, 1.807) is 0 Å². The minimum Gasteiger partial charge on any atom is -0.327 e. The quantitative estimate of drug-likeness (QED) is 0.872. The van der Waals surface area contributed by atoms with E-state index < -0.39 is 0 Å². The van der Waals surface area contributed by atoms with Gasteiger partial charge in [0.05, 0.1) is 0 Å². The summed E-state index contributed by atoms with van der Waals surface area (Å²) in [5, 5.41) is 2.18. The standard InChI is InChI=1S/C13H20N2S/c14-12-6-11(13-2-1-5-16-13)8-15(9-12)7-10-3-4-10/h1-2,5,10-12H,3-4,6-9,14H2. The van der Waals surface area contributed by atoms with Crippen molar-refractivity contribution in [2.45, 2.75) is 31.2 Å². The number of nitrogens with zero attached hydrogens (tertiary/aromatic N) is 1. The van der Waals surface area contributed by atoms with E-state index in [1.165, 1.54) is 37.2 Å². The Balaban J connectivity index is 1.65. The molecule has 1 aliphatic carbocycles. The van der Waals surface area contributed by atoms with Crippen molar-refractivity contribution in [3.8, 4) is 0 Å². The van der Waals surface area contributed by atoms with Crippen LogP contribution in [0, 0.1) is 5.92 Å². The third-order valence-electron chi connectivity index (χ3n) is 3.72. The molecule has 0 bridgehead atoms. The Labute approximate surface area is 101 Å². The summed E-state index contributed by atoms with van der Waals surface area (Å²) in [5.74, 6) is 1.66. The lowest BCUT2D eigenvalue weighted by Crippen LogP contribution is -2.46. The Bertz CT molecular complexity index is 330. The van der Waals surface area contributed by atoms with Crippen molar-refractivity contribution in [2.75, 3.05) is 19.6 Å². The molecule has 2 heterocycles. The molecule has 2 unspecified atom stereocenters. The first-order valence-electron chi connectivity index (χ1n) is 6.32. The molecule has 1 saturated carbocycles. The zero-order chi connectivity index (χ0) is 11.0. The van der Waals surface area contributed by atoms with Gasteiger partial charge in [0.15, 0.2) is 0 Å². The molecule has 3 heteroatoms. The first-order valence-corrected chi connectivity index (χ1v) is 7.20. The van der Waals surface area contributed by atoms with Crippen LogP contribution in [0.25, 0.3) is 0 Å². The van der Waals surface area contributed by atoms with Gasteiger partial charge in [0.25, 0.3) is 0 Å². The average Bonchev–Trinajstić information content (AvgIpc) is 2.90. The van der Waals surface area contributed by atoms with Crippen molar-refractivity contribution >= 4 is 11.3 Å². The highest BCUT2D eigenvalue weighted by atomic mass is 32.1. The van der Waals surface area contributed by atoms with E-state index in [4.69, 9.17) is 5.73 Å². The highest BCUT2D eigenvalue weighted by molar-refractivity contribution is 7.10. The number of hydrogen-bond donors (Lipinski definition) is 1. The molecule has 2 N–H and O–H groups in total. The smallest absolute Gasteiger partial charge is 0.0174 e. The van der Waals surface area contributed by atoms with E-state index in [9.17, 15) is 0 Å². The zero-order valence-corrected chi connectivity index (χ0v) is 10.5. The Morgan fingerprint density at radius 1 is 1.38 bits per heavy atom. The van der Waals surface area contributed by atoms with Crippen molar-refractivity contribution in [3.05, 3.63) is 22.4 Å². The molecule has 1 aromatic rings. The lowest BCUT2D eigenvalue weighted by atomic mass is 9.93. The molecule has 0 aromatic carbocycles. The van der Waals surface area contributed by atoms with Gasteiger partial charge >= 0.3 is 0 Å². The molecule has 0 radical (unpaired) electrons. The number of piperidine rings is 1. The van der Waals surface area contributed by atoms with Gasteiger partial charge in [0, 0.05) is 36.5 Å².